The van der Waals surface area contributed by atoms with E-state index >= 15 is 0 Å². The molecule has 0 aliphatic heterocycles. The van der Waals surface area contributed by atoms with Crippen molar-refractivity contribution < 1.29 is 0 Å². The number of rotatable bonds is 5. The lowest BCUT2D eigenvalue weighted by molar-refractivity contribution is 0.827. The Kier molecular flexibility index (Phi) is 18.6. The quantitative estimate of drug-likeness (QED) is 0.184. The van der Waals surface area contributed by atoms with E-state index in [1.807, 2.05) is 88.5 Å². The maximum Gasteiger partial charge on any atom is 0.178 e. The number of nitrogens with zero attached hydrogens (tertiary/aromatic N) is 4. The number of aromatic nitrogens is 4. The summed E-state index contributed by atoms with van der Waals surface area (Å²) in [6.45, 7) is 25.2. The number of fused-ring (bicyclic) bond motifs is 1. The molecule has 0 fully saturated rings. The molecule has 0 amide bonds. The molecule has 0 saturated heterocycles. The number of benzene rings is 2. The Morgan fingerprint density at radius 1 is 0.949 bits per heavy atom. The third-order valence-corrected chi connectivity index (χ3v) is 5.40. The molecular weight excluding hydrogens is 500 g/mol. The average Bonchev–Trinajstić information content (AvgIpc) is 3.38. The van der Waals surface area contributed by atoms with Gasteiger partial charge >= 0.3 is 0 Å². The molecule has 0 spiro atoms. The number of allylic oxidation sites excluding steroid dienone is 4. The van der Waals surface area contributed by atoms with E-state index in [0.717, 1.165) is 52.3 Å². The Balaban J connectivity index is 0.000000870. The van der Waals surface area contributed by atoms with Crippen molar-refractivity contribution in [2.75, 3.05) is 0 Å². The van der Waals surface area contributed by atoms with Gasteiger partial charge in [0, 0.05) is 22.6 Å². The summed E-state index contributed by atoms with van der Waals surface area (Å²) >= 11 is 6.06. The van der Waals surface area contributed by atoms with Crippen molar-refractivity contribution in [3.63, 3.8) is 0 Å². The zero-order valence-electron chi connectivity index (χ0n) is 25.4. The first-order chi connectivity index (χ1) is 18.9. The van der Waals surface area contributed by atoms with Gasteiger partial charge in [-0.3, -0.25) is 0 Å². The maximum atomic E-state index is 6.06. The van der Waals surface area contributed by atoms with Crippen molar-refractivity contribution in [1.29, 1.82) is 0 Å². The number of aryl methyl sites for hydroxylation is 2. The van der Waals surface area contributed by atoms with Gasteiger partial charge in [0.15, 0.2) is 11.5 Å². The average molecular weight is 547 g/mol. The summed E-state index contributed by atoms with van der Waals surface area (Å²) < 4.78 is 1.83. The fourth-order valence-electron chi connectivity index (χ4n) is 3.22. The van der Waals surface area contributed by atoms with Gasteiger partial charge < -0.3 is 0 Å². The Morgan fingerprint density at radius 3 is 2.00 bits per heavy atom. The second-order valence-electron chi connectivity index (χ2n) is 8.00. The topological polar surface area (TPSA) is 43.1 Å². The van der Waals surface area contributed by atoms with E-state index in [0.29, 0.717) is 5.02 Å². The van der Waals surface area contributed by atoms with Gasteiger partial charge in [-0.2, -0.15) is 9.61 Å². The molecular formula is C34H47ClN4. The lowest BCUT2D eigenvalue weighted by Gasteiger charge is -2.12. The third kappa shape index (κ3) is 11.4. The highest BCUT2D eigenvalue weighted by Gasteiger charge is 2.16. The highest BCUT2D eigenvalue weighted by atomic mass is 35.5. The molecule has 0 aliphatic rings. The first-order valence-corrected chi connectivity index (χ1v) is 14.2. The number of halogens is 1. The number of hydrogen-bond donors (Lipinski definition) is 0. The Hall–Kier alpha value is -3.50. The Bertz CT molecular complexity index is 1280. The summed E-state index contributed by atoms with van der Waals surface area (Å²) in [5.41, 5.74) is 7.04. The largest absolute Gasteiger partial charge is 0.197 e. The van der Waals surface area contributed by atoms with Crippen LogP contribution in [0.4, 0.5) is 0 Å². The van der Waals surface area contributed by atoms with Crippen LogP contribution in [0.3, 0.4) is 0 Å². The standard InChI is InChI=1S/C20H17ClN4.C5H8.C5H10.2C2H6/c1-3-18-22-23-19-12-17(14-8-10-15(21)11-9-14)20(24-25(18)19)16-7-5-4-6-13(16)2;1-4-5(2)3;1-3-5-4-2;2*1-2/h4-12H,3H2,1-2H3;4H,1-2H2,3H3;3,5H,4H2,1-2H3;2*1-2H3/b;;5-3-;;. The summed E-state index contributed by atoms with van der Waals surface area (Å²) in [5.74, 6) is 0.854. The minimum absolute atomic E-state index is 0.714. The van der Waals surface area contributed by atoms with Crippen LogP contribution in [0.2, 0.25) is 5.02 Å². The van der Waals surface area contributed by atoms with Crippen molar-refractivity contribution in [3.8, 4) is 22.4 Å². The molecule has 5 heteroatoms. The van der Waals surface area contributed by atoms with Gasteiger partial charge in [0.05, 0.1) is 5.69 Å². The summed E-state index contributed by atoms with van der Waals surface area (Å²) in [4.78, 5) is 0. The van der Waals surface area contributed by atoms with Crippen molar-refractivity contribution >= 4 is 17.2 Å². The third-order valence-electron chi connectivity index (χ3n) is 5.15. The first kappa shape index (κ1) is 35.5. The number of hydrogen-bond acceptors (Lipinski definition) is 3. The van der Waals surface area contributed by atoms with Gasteiger partial charge in [-0.1, -0.05) is 127 Å². The fraction of sp³-hybridized carbons (Fsp3) is 0.324. The molecule has 0 N–H and O–H groups in total. The predicted molar refractivity (Wildman–Crippen MR) is 174 cm³/mol. The molecule has 210 valence electrons. The molecule has 4 rings (SSSR count). The van der Waals surface area contributed by atoms with Gasteiger partial charge in [0.25, 0.3) is 0 Å². The molecule has 39 heavy (non-hydrogen) atoms. The van der Waals surface area contributed by atoms with Crippen LogP contribution < -0.4 is 0 Å². The lowest BCUT2D eigenvalue weighted by Crippen LogP contribution is -2.02. The van der Waals surface area contributed by atoms with Gasteiger partial charge in [-0.25, -0.2) is 0 Å². The van der Waals surface area contributed by atoms with Gasteiger partial charge in [-0.05, 0) is 56.5 Å². The minimum atomic E-state index is 0.714. The van der Waals surface area contributed by atoms with E-state index in [1.165, 1.54) is 5.56 Å². The van der Waals surface area contributed by atoms with E-state index in [1.54, 1.807) is 6.08 Å². The predicted octanol–water partition coefficient (Wildman–Crippen LogP) is 10.8. The molecule has 0 atom stereocenters. The second-order valence-corrected chi connectivity index (χ2v) is 8.43. The zero-order valence-corrected chi connectivity index (χ0v) is 26.2. The SMILES string of the molecule is C/C=C\CC.C=CC(=C)C.CC.CC.CCc1nnc2cc(-c3ccc(Cl)cc3)c(-c3ccccc3C)nn12. The molecule has 0 radical (unpaired) electrons. The monoisotopic (exact) mass is 546 g/mol. The summed E-state index contributed by atoms with van der Waals surface area (Å²) in [6, 6.07) is 18.1. The van der Waals surface area contributed by atoms with Crippen molar-refractivity contribution in [2.45, 2.75) is 75.2 Å². The van der Waals surface area contributed by atoms with E-state index in [2.05, 4.69) is 68.4 Å². The molecule has 0 aliphatic carbocycles. The summed E-state index contributed by atoms with van der Waals surface area (Å²) in [5, 5.41) is 14.1. The molecule has 0 saturated carbocycles. The van der Waals surface area contributed by atoms with Crippen LogP contribution in [0.15, 0.2) is 91.6 Å². The molecule has 4 nitrogen and oxygen atoms in total. The van der Waals surface area contributed by atoms with Crippen molar-refractivity contribution in [1.82, 2.24) is 19.8 Å². The van der Waals surface area contributed by atoms with Crippen LogP contribution in [0.25, 0.3) is 28.0 Å². The highest BCUT2D eigenvalue weighted by molar-refractivity contribution is 6.30. The second kappa shape index (κ2) is 20.5. The Morgan fingerprint density at radius 2 is 1.54 bits per heavy atom. The van der Waals surface area contributed by atoms with Gasteiger partial charge in [-0.15, -0.1) is 10.2 Å². The van der Waals surface area contributed by atoms with Crippen molar-refractivity contribution in [3.05, 3.63) is 108 Å². The van der Waals surface area contributed by atoms with Crippen LogP contribution >= 0.6 is 11.6 Å². The first-order valence-electron chi connectivity index (χ1n) is 13.8. The molecule has 2 aromatic heterocycles. The van der Waals surface area contributed by atoms with Crippen LogP contribution in [-0.2, 0) is 6.42 Å². The molecule has 2 heterocycles. The normalized spacial score (nSPS) is 9.59. The summed E-state index contributed by atoms with van der Waals surface area (Å²) in [6.07, 6.45) is 7.85. The van der Waals surface area contributed by atoms with Crippen LogP contribution in [0.1, 0.15) is 73.2 Å². The molecule has 2 aromatic carbocycles. The van der Waals surface area contributed by atoms with Crippen LogP contribution in [0.5, 0.6) is 0 Å². The van der Waals surface area contributed by atoms with E-state index in [9.17, 15) is 0 Å². The van der Waals surface area contributed by atoms with Crippen LogP contribution in [0, 0.1) is 6.92 Å². The zero-order chi connectivity index (χ0) is 29.8. The van der Waals surface area contributed by atoms with Gasteiger partial charge in [0.2, 0.25) is 0 Å². The Labute approximate surface area is 242 Å². The van der Waals surface area contributed by atoms with Crippen LogP contribution in [-0.4, -0.2) is 19.8 Å². The lowest BCUT2D eigenvalue weighted by atomic mass is 9.97. The highest BCUT2D eigenvalue weighted by Crippen LogP contribution is 2.33. The fourth-order valence-corrected chi connectivity index (χ4v) is 3.35. The molecule has 0 unspecified atom stereocenters. The van der Waals surface area contributed by atoms with E-state index < -0.39 is 0 Å². The maximum absolute atomic E-state index is 6.06. The molecule has 0 bridgehead atoms. The minimum Gasteiger partial charge on any atom is -0.197 e. The van der Waals surface area contributed by atoms with Crippen molar-refractivity contribution in [2.24, 2.45) is 0 Å². The van der Waals surface area contributed by atoms with E-state index in [4.69, 9.17) is 16.7 Å². The summed E-state index contributed by atoms with van der Waals surface area (Å²) in [7, 11) is 0. The molecule has 4 aromatic rings. The van der Waals surface area contributed by atoms with E-state index in [-0.39, 0.29) is 0 Å². The van der Waals surface area contributed by atoms with Gasteiger partial charge in [0.1, 0.15) is 0 Å². The smallest absolute Gasteiger partial charge is 0.178 e.